The van der Waals surface area contributed by atoms with E-state index in [1.54, 1.807) is 0 Å². The van der Waals surface area contributed by atoms with Gasteiger partial charge in [-0.05, 0) is 117 Å². The van der Waals surface area contributed by atoms with E-state index in [1.165, 1.54) is 97.6 Å². The molecule has 0 radical (unpaired) electrons. The van der Waals surface area contributed by atoms with Gasteiger partial charge in [0.25, 0.3) is 0 Å². The summed E-state index contributed by atoms with van der Waals surface area (Å²) in [6.45, 7) is 0. The molecule has 0 aliphatic heterocycles. The number of rotatable bonds is 8. The molecule has 0 unspecified atom stereocenters. The van der Waals surface area contributed by atoms with Gasteiger partial charge in [0, 0.05) is 53.6 Å². The van der Waals surface area contributed by atoms with Gasteiger partial charge >= 0.3 is 0 Å². The maximum Gasteiger partial charge on any atom is 0.0714 e. The van der Waals surface area contributed by atoms with Crippen molar-refractivity contribution in [1.29, 1.82) is 0 Å². The van der Waals surface area contributed by atoms with Crippen molar-refractivity contribution in [3.8, 4) is 39.1 Å². The zero-order valence-corrected chi connectivity index (χ0v) is 39.0. The van der Waals surface area contributed by atoms with Gasteiger partial charge in [-0.25, -0.2) is 0 Å². The van der Waals surface area contributed by atoms with Crippen LogP contribution in [0.4, 0.5) is 17.1 Å². The van der Waals surface area contributed by atoms with Crippen LogP contribution in [0.3, 0.4) is 0 Å². The van der Waals surface area contributed by atoms with Gasteiger partial charge in [-0.1, -0.05) is 200 Å². The molecule has 0 atom stereocenters. The lowest BCUT2D eigenvalue weighted by molar-refractivity contribution is 0.768. The fraction of sp³-hybridized carbons (Fsp3) is 0.0149. The van der Waals surface area contributed by atoms with Crippen molar-refractivity contribution in [2.45, 2.75) is 5.41 Å². The van der Waals surface area contributed by atoms with Crippen LogP contribution in [0.25, 0.3) is 81.0 Å². The van der Waals surface area contributed by atoms with Crippen LogP contribution in [0.5, 0.6) is 0 Å². The van der Waals surface area contributed by atoms with E-state index in [4.69, 9.17) is 0 Å². The largest absolute Gasteiger partial charge is 0.310 e. The molecule has 328 valence electrons. The number of hydrogen-bond donors (Lipinski definition) is 0. The lowest BCUT2D eigenvalue weighted by Gasteiger charge is -2.34. The van der Waals surface area contributed by atoms with Crippen LogP contribution in [-0.2, 0) is 5.41 Å². The molecule has 1 aliphatic rings. The van der Waals surface area contributed by atoms with E-state index in [1.807, 2.05) is 11.3 Å². The number of hydrogen-bond acceptors (Lipinski definition) is 2. The van der Waals surface area contributed by atoms with Gasteiger partial charge in [-0.2, -0.15) is 0 Å². The highest BCUT2D eigenvalue weighted by molar-refractivity contribution is 7.25. The summed E-state index contributed by atoms with van der Waals surface area (Å²) in [7, 11) is 0. The van der Waals surface area contributed by atoms with E-state index >= 15 is 0 Å². The maximum atomic E-state index is 2.48. The maximum absolute atomic E-state index is 2.48. The molecule has 0 fully saturated rings. The van der Waals surface area contributed by atoms with Gasteiger partial charge in [0.15, 0.2) is 0 Å². The van der Waals surface area contributed by atoms with Gasteiger partial charge in [0.2, 0.25) is 0 Å². The molecule has 0 bridgehead atoms. The molecule has 2 aromatic heterocycles. The molecule has 2 nitrogen and oxygen atoms in total. The van der Waals surface area contributed by atoms with E-state index in [0.717, 1.165) is 22.7 Å². The SMILES string of the molecule is c1ccc(C2(c3ccccc3)c3ccccc3-c3c(N(c4ccc(-c5ccc(-c6ccc7sc8ccccc8c7c6)cc5)cc4)c4cccc(-n5c6ccccc6c6ccccc65)c4)cccc32)cc1. The molecular weight excluding hydrogens is 865 g/mol. The van der Waals surface area contributed by atoms with Crippen LogP contribution in [0, 0.1) is 0 Å². The standard InChI is InChI=1S/C67H44N2S/c1-3-17-49(18-4-1)67(50-19-5-2-6-20-50)59-27-11-7-26-57(59)66-60(67)28-16-31-63(66)68(52-21-15-22-53(44-52)69-61-29-12-8-23-54(61)55-24-9-13-30-62(55)69)51-40-37-46(38-41-51)45-33-35-47(36-34-45)48-39-42-65-58(43-48)56-25-10-14-32-64(56)70-65/h1-44H. The number of thiophene rings is 1. The molecule has 11 aromatic carbocycles. The highest BCUT2D eigenvalue weighted by Crippen LogP contribution is 2.59. The van der Waals surface area contributed by atoms with Crippen LogP contribution in [0.15, 0.2) is 267 Å². The van der Waals surface area contributed by atoms with Crippen molar-refractivity contribution < 1.29 is 0 Å². The second kappa shape index (κ2) is 16.2. The second-order valence-electron chi connectivity index (χ2n) is 18.4. The van der Waals surface area contributed by atoms with Gasteiger partial charge < -0.3 is 9.47 Å². The van der Waals surface area contributed by atoms with E-state index in [0.29, 0.717) is 0 Å². The number of nitrogens with zero attached hydrogens (tertiary/aromatic N) is 2. The Morgan fingerprint density at radius 1 is 0.343 bits per heavy atom. The Morgan fingerprint density at radius 2 is 0.871 bits per heavy atom. The molecule has 2 heterocycles. The number of fused-ring (bicyclic) bond motifs is 9. The summed E-state index contributed by atoms with van der Waals surface area (Å²) >= 11 is 1.86. The number of benzene rings is 11. The van der Waals surface area contributed by atoms with Crippen molar-refractivity contribution in [1.82, 2.24) is 4.57 Å². The second-order valence-corrected chi connectivity index (χ2v) is 19.5. The topological polar surface area (TPSA) is 8.17 Å². The first-order valence-electron chi connectivity index (χ1n) is 24.1. The average Bonchev–Trinajstić information content (AvgIpc) is 4.08. The highest BCUT2D eigenvalue weighted by Gasteiger charge is 2.47. The van der Waals surface area contributed by atoms with Crippen LogP contribution in [0.2, 0.25) is 0 Å². The fourth-order valence-electron chi connectivity index (χ4n) is 11.6. The molecule has 0 N–H and O–H groups in total. The Kier molecular flexibility index (Phi) is 9.33. The van der Waals surface area contributed by atoms with Crippen LogP contribution in [0.1, 0.15) is 22.3 Å². The third kappa shape index (κ3) is 6.19. The van der Waals surface area contributed by atoms with Crippen molar-refractivity contribution in [2.24, 2.45) is 0 Å². The van der Waals surface area contributed by atoms with Crippen LogP contribution < -0.4 is 4.90 Å². The number of anilines is 3. The van der Waals surface area contributed by atoms with Crippen molar-refractivity contribution in [3.05, 3.63) is 289 Å². The number of para-hydroxylation sites is 2. The average molecular weight is 909 g/mol. The predicted octanol–water partition coefficient (Wildman–Crippen LogP) is 18.3. The summed E-state index contributed by atoms with van der Waals surface area (Å²) in [4.78, 5) is 2.48. The van der Waals surface area contributed by atoms with Crippen molar-refractivity contribution in [2.75, 3.05) is 4.90 Å². The minimum absolute atomic E-state index is 0.528. The minimum Gasteiger partial charge on any atom is -0.310 e. The van der Waals surface area contributed by atoms with E-state index in [2.05, 4.69) is 276 Å². The summed E-state index contributed by atoms with van der Waals surface area (Å²) in [5, 5.41) is 5.14. The van der Waals surface area contributed by atoms with Crippen LogP contribution in [-0.4, -0.2) is 4.57 Å². The van der Waals surface area contributed by atoms with E-state index < -0.39 is 5.41 Å². The Bertz CT molecular complexity index is 4020. The molecule has 0 amide bonds. The molecule has 13 aromatic rings. The van der Waals surface area contributed by atoms with Crippen molar-refractivity contribution >= 4 is 70.4 Å². The lowest BCUT2D eigenvalue weighted by atomic mass is 9.68. The van der Waals surface area contributed by atoms with E-state index in [-0.39, 0.29) is 0 Å². The first-order valence-corrected chi connectivity index (χ1v) is 24.9. The Balaban J connectivity index is 0.936. The summed E-state index contributed by atoms with van der Waals surface area (Å²) < 4.78 is 5.07. The molecule has 0 saturated heterocycles. The molecule has 1 aliphatic carbocycles. The first kappa shape index (κ1) is 40.3. The molecule has 70 heavy (non-hydrogen) atoms. The Hall–Kier alpha value is -8.76. The van der Waals surface area contributed by atoms with Gasteiger partial charge in [0.05, 0.1) is 22.1 Å². The lowest BCUT2D eigenvalue weighted by Crippen LogP contribution is -2.28. The quantitative estimate of drug-likeness (QED) is 0.147. The molecule has 14 rings (SSSR count). The third-order valence-electron chi connectivity index (χ3n) is 14.7. The zero-order valence-electron chi connectivity index (χ0n) is 38.2. The number of aromatic nitrogens is 1. The van der Waals surface area contributed by atoms with E-state index in [9.17, 15) is 0 Å². The predicted molar refractivity (Wildman–Crippen MR) is 297 cm³/mol. The molecule has 0 saturated carbocycles. The van der Waals surface area contributed by atoms with Crippen LogP contribution >= 0.6 is 11.3 Å². The summed E-state index contributed by atoms with van der Waals surface area (Å²) in [5.41, 5.74) is 18.6. The fourth-order valence-corrected chi connectivity index (χ4v) is 12.7. The zero-order chi connectivity index (χ0) is 46.2. The first-order chi connectivity index (χ1) is 34.7. The highest BCUT2D eigenvalue weighted by atomic mass is 32.1. The monoisotopic (exact) mass is 908 g/mol. The van der Waals surface area contributed by atoms with Gasteiger partial charge in [-0.15, -0.1) is 11.3 Å². The third-order valence-corrected chi connectivity index (χ3v) is 15.8. The van der Waals surface area contributed by atoms with Gasteiger partial charge in [0.1, 0.15) is 0 Å². The normalized spacial score (nSPS) is 12.7. The summed E-state index contributed by atoms with van der Waals surface area (Å²) in [6, 6.07) is 98.6. The Labute approximate surface area is 411 Å². The molecular formula is C67H44N2S. The molecule has 3 heteroatoms. The minimum atomic E-state index is -0.528. The van der Waals surface area contributed by atoms with Crippen molar-refractivity contribution in [3.63, 3.8) is 0 Å². The summed E-state index contributed by atoms with van der Waals surface area (Å²) in [5.74, 6) is 0. The smallest absolute Gasteiger partial charge is 0.0714 e. The summed E-state index contributed by atoms with van der Waals surface area (Å²) in [6.07, 6.45) is 0. The molecule has 0 spiro atoms. The van der Waals surface area contributed by atoms with Gasteiger partial charge in [-0.3, -0.25) is 0 Å². The Morgan fingerprint density at radius 3 is 1.57 bits per heavy atom.